The van der Waals surface area contributed by atoms with Crippen LogP contribution in [0.1, 0.15) is 44.7 Å². The van der Waals surface area contributed by atoms with Crippen LogP contribution in [-0.2, 0) is 12.8 Å². The number of hydrogen-bond acceptors (Lipinski definition) is 4. The van der Waals surface area contributed by atoms with Crippen molar-refractivity contribution in [1.82, 2.24) is 4.98 Å². The Morgan fingerprint density at radius 2 is 1.48 bits per heavy atom. The van der Waals surface area contributed by atoms with Crippen molar-refractivity contribution in [2.24, 2.45) is 0 Å². The van der Waals surface area contributed by atoms with E-state index in [0.717, 1.165) is 48.2 Å². The summed E-state index contributed by atoms with van der Waals surface area (Å²) in [7, 11) is 3.31. The summed E-state index contributed by atoms with van der Waals surface area (Å²) in [5, 5.41) is 1.14. The molecule has 1 heterocycles. The predicted molar refractivity (Wildman–Crippen MR) is 94.0 cm³/mol. The highest BCUT2D eigenvalue weighted by Gasteiger charge is 2.17. The molecule has 0 atom stereocenters. The number of rotatable bonds is 8. The number of nitrogens with zero attached hydrogens (tertiary/aromatic N) is 1. The lowest BCUT2D eigenvalue weighted by Crippen LogP contribution is -2.05. The predicted octanol–water partition coefficient (Wildman–Crippen LogP) is 4.56. The minimum absolute atomic E-state index is 0.619. The van der Waals surface area contributed by atoms with E-state index in [1.54, 1.807) is 14.2 Å². The molecule has 0 aliphatic heterocycles. The highest BCUT2D eigenvalue weighted by Crippen LogP contribution is 2.37. The van der Waals surface area contributed by atoms with Gasteiger partial charge < -0.3 is 14.2 Å². The highest BCUT2D eigenvalue weighted by atomic mass is 16.5. The fourth-order valence-corrected chi connectivity index (χ4v) is 2.97. The van der Waals surface area contributed by atoms with Gasteiger partial charge in [0, 0.05) is 17.0 Å². The zero-order valence-corrected chi connectivity index (χ0v) is 14.9. The molecule has 4 nitrogen and oxygen atoms in total. The van der Waals surface area contributed by atoms with Crippen molar-refractivity contribution in [3.05, 3.63) is 23.3 Å². The summed E-state index contributed by atoms with van der Waals surface area (Å²) in [6.45, 7) is 7.00. The van der Waals surface area contributed by atoms with Crippen LogP contribution in [0.2, 0.25) is 0 Å². The van der Waals surface area contributed by atoms with E-state index in [1.165, 1.54) is 11.1 Å². The molecule has 0 aliphatic carbocycles. The maximum Gasteiger partial charge on any atom is 0.217 e. The molecule has 0 spiro atoms. The van der Waals surface area contributed by atoms with Crippen molar-refractivity contribution in [2.45, 2.75) is 46.5 Å². The molecule has 1 aromatic carbocycles. The smallest absolute Gasteiger partial charge is 0.217 e. The molecule has 0 aliphatic rings. The summed E-state index contributed by atoms with van der Waals surface area (Å²) in [6.07, 6.45) is 4.12. The van der Waals surface area contributed by atoms with Gasteiger partial charge in [0.05, 0.1) is 26.3 Å². The van der Waals surface area contributed by atoms with Gasteiger partial charge in [-0.3, -0.25) is 0 Å². The van der Waals surface area contributed by atoms with Crippen molar-refractivity contribution in [2.75, 3.05) is 20.8 Å². The Balaban J connectivity index is 2.78. The third-order valence-corrected chi connectivity index (χ3v) is 3.95. The molecule has 0 bridgehead atoms. The van der Waals surface area contributed by atoms with Gasteiger partial charge in [-0.05, 0) is 31.4 Å². The normalized spacial score (nSPS) is 10.8. The van der Waals surface area contributed by atoms with Gasteiger partial charge in [0.15, 0.2) is 11.5 Å². The fourth-order valence-electron chi connectivity index (χ4n) is 2.97. The third kappa shape index (κ3) is 3.52. The summed E-state index contributed by atoms with van der Waals surface area (Å²) in [5.74, 6) is 2.20. The van der Waals surface area contributed by atoms with Crippen molar-refractivity contribution in [3.8, 4) is 17.4 Å². The van der Waals surface area contributed by atoms with Gasteiger partial charge in [0.1, 0.15) is 0 Å². The first-order valence-corrected chi connectivity index (χ1v) is 8.40. The number of aromatic nitrogens is 1. The lowest BCUT2D eigenvalue weighted by molar-refractivity contribution is 0.323. The quantitative estimate of drug-likeness (QED) is 0.716. The first-order valence-electron chi connectivity index (χ1n) is 8.40. The molecule has 0 radical (unpaired) electrons. The molecular formula is C19H27NO3. The number of pyridine rings is 1. The Bertz CT molecular complexity index is 667. The molecule has 0 amide bonds. The van der Waals surface area contributed by atoms with Crippen LogP contribution in [0.3, 0.4) is 0 Å². The number of ether oxygens (including phenoxy) is 3. The topological polar surface area (TPSA) is 40.6 Å². The van der Waals surface area contributed by atoms with Crippen molar-refractivity contribution in [1.29, 1.82) is 0 Å². The molecular weight excluding hydrogens is 290 g/mol. The molecule has 0 saturated heterocycles. The monoisotopic (exact) mass is 317 g/mol. The Labute approximate surface area is 138 Å². The molecule has 2 aromatic rings. The fraction of sp³-hybridized carbons (Fsp3) is 0.526. The Kier molecular flexibility index (Phi) is 6.08. The van der Waals surface area contributed by atoms with E-state index in [9.17, 15) is 0 Å². The number of benzene rings is 1. The summed E-state index contributed by atoms with van der Waals surface area (Å²) in [4.78, 5) is 4.75. The van der Waals surface area contributed by atoms with Crippen LogP contribution in [0.4, 0.5) is 0 Å². The second kappa shape index (κ2) is 8.04. The average molecular weight is 317 g/mol. The SMILES string of the molecule is CCCc1c(OCC)nc2cc(OC)c(OC)cc2c1CCC. The largest absolute Gasteiger partial charge is 0.493 e. The standard InChI is InChI=1S/C19H27NO3/c1-6-9-13-14(10-7-2)19(23-8-3)20-16-12-18(22-5)17(21-4)11-15(13)16/h11-12H,6-10H2,1-5H3. The van der Waals surface area contributed by atoms with Crippen LogP contribution < -0.4 is 14.2 Å². The van der Waals surface area contributed by atoms with E-state index in [0.29, 0.717) is 12.4 Å². The van der Waals surface area contributed by atoms with E-state index in [4.69, 9.17) is 19.2 Å². The van der Waals surface area contributed by atoms with E-state index in [2.05, 4.69) is 13.8 Å². The molecule has 4 heteroatoms. The maximum atomic E-state index is 5.83. The first-order chi connectivity index (χ1) is 11.2. The second-order valence-electron chi connectivity index (χ2n) is 5.53. The van der Waals surface area contributed by atoms with Crippen LogP contribution in [0.5, 0.6) is 17.4 Å². The Morgan fingerprint density at radius 1 is 0.870 bits per heavy atom. The number of methoxy groups -OCH3 is 2. The molecule has 23 heavy (non-hydrogen) atoms. The Morgan fingerprint density at radius 3 is 2.04 bits per heavy atom. The average Bonchev–Trinajstić information content (AvgIpc) is 2.57. The minimum atomic E-state index is 0.619. The van der Waals surface area contributed by atoms with Crippen LogP contribution in [0, 0.1) is 0 Å². The van der Waals surface area contributed by atoms with Crippen LogP contribution in [0.25, 0.3) is 10.9 Å². The summed E-state index contributed by atoms with van der Waals surface area (Å²) in [5.41, 5.74) is 3.45. The highest BCUT2D eigenvalue weighted by molar-refractivity contribution is 5.87. The lowest BCUT2D eigenvalue weighted by atomic mass is 9.96. The van der Waals surface area contributed by atoms with Gasteiger partial charge in [-0.15, -0.1) is 0 Å². The molecule has 126 valence electrons. The molecule has 2 rings (SSSR count). The number of hydrogen-bond donors (Lipinski definition) is 0. The summed E-state index contributed by atoms with van der Waals surface area (Å²) < 4.78 is 16.7. The van der Waals surface area contributed by atoms with Gasteiger partial charge in [0.25, 0.3) is 0 Å². The number of fused-ring (bicyclic) bond motifs is 1. The summed E-state index contributed by atoms with van der Waals surface area (Å²) in [6, 6.07) is 3.98. The lowest BCUT2D eigenvalue weighted by Gasteiger charge is -2.18. The Hall–Kier alpha value is -1.97. The molecule has 0 saturated carbocycles. The van der Waals surface area contributed by atoms with Gasteiger partial charge >= 0.3 is 0 Å². The van der Waals surface area contributed by atoms with E-state index in [-0.39, 0.29) is 0 Å². The third-order valence-electron chi connectivity index (χ3n) is 3.95. The van der Waals surface area contributed by atoms with E-state index in [1.807, 2.05) is 19.1 Å². The second-order valence-corrected chi connectivity index (χ2v) is 5.53. The van der Waals surface area contributed by atoms with Gasteiger partial charge in [-0.1, -0.05) is 26.7 Å². The van der Waals surface area contributed by atoms with E-state index < -0.39 is 0 Å². The van der Waals surface area contributed by atoms with Crippen molar-refractivity contribution >= 4 is 10.9 Å². The van der Waals surface area contributed by atoms with Gasteiger partial charge in [0.2, 0.25) is 5.88 Å². The van der Waals surface area contributed by atoms with Crippen LogP contribution in [0.15, 0.2) is 12.1 Å². The maximum absolute atomic E-state index is 5.83. The molecule has 1 aromatic heterocycles. The van der Waals surface area contributed by atoms with Crippen molar-refractivity contribution < 1.29 is 14.2 Å². The van der Waals surface area contributed by atoms with Crippen molar-refractivity contribution in [3.63, 3.8) is 0 Å². The van der Waals surface area contributed by atoms with Crippen LogP contribution in [-0.4, -0.2) is 25.8 Å². The first kappa shape index (κ1) is 17.4. The number of aryl methyl sites for hydroxylation is 1. The zero-order chi connectivity index (χ0) is 16.8. The van der Waals surface area contributed by atoms with Crippen LogP contribution >= 0.6 is 0 Å². The zero-order valence-electron chi connectivity index (χ0n) is 14.9. The van der Waals surface area contributed by atoms with Gasteiger partial charge in [-0.25, -0.2) is 4.98 Å². The molecule has 0 unspecified atom stereocenters. The van der Waals surface area contributed by atoms with E-state index >= 15 is 0 Å². The molecule has 0 N–H and O–H groups in total. The minimum Gasteiger partial charge on any atom is -0.493 e. The molecule has 0 fully saturated rings. The summed E-state index contributed by atoms with van der Waals surface area (Å²) >= 11 is 0. The van der Waals surface area contributed by atoms with Gasteiger partial charge in [-0.2, -0.15) is 0 Å².